The molecular weight excluding hydrogens is 526 g/mol. The number of benzene rings is 2. The molecule has 2 fully saturated rings. The van der Waals surface area contributed by atoms with Gasteiger partial charge in [-0.3, -0.25) is 24.1 Å². The number of carbonyl (C=O) groups excluding carboxylic acids is 4. The van der Waals surface area contributed by atoms with E-state index in [9.17, 15) is 19.2 Å². The van der Waals surface area contributed by atoms with Crippen LogP contribution in [0.2, 0.25) is 5.02 Å². The predicted octanol–water partition coefficient (Wildman–Crippen LogP) is 4.68. The molecule has 1 saturated carbocycles. The summed E-state index contributed by atoms with van der Waals surface area (Å²) in [4.78, 5) is 56.6. The van der Waals surface area contributed by atoms with Crippen LogP contribution in [-0.2, 0) is 32.1 Å². The highest BCUT2D eigenvalue weighted by atomic mass is 35.5. The zero-order valence-corrected chi connectivity index (χ0v) is 23.4. The number of allylic oxidation sites excluding steroid dienone is 2. The number of likely N-dealkylation sites (tertiary alicyclic amines) is 1. The van der Waals surface area contributed by atoms with Crippen LogP contribution in [0.25, 0.3) is 0 Å². The van der Waals surface area contributed by atoms with E-state index in [1.807, 2.05) is 54.6 Å². The fraction of sp³-hybridized carbons (Fsp3) is 0.438. The first-order valence-corrected chi connectivity index (χ1v) is 14.7. The van der Waals surface area contributed by atoms with Crippen molar-refractivity contribution in [3.63, 3.8) is 0 Å². The lowest BCUT2D eigenvalue weighted by Gasteiger charge is -2.33. The number of imide groups is 1. The molecule has 0 radical (unpaired) electrons. The van der Waals surface area contributed by atoms with Crippen LogP contribution in [0, 0.1) is 11.8 Å². The summed E-state index contributed by atoms with van der Waals surface area (Å²) in [5, 5.41) is 3.74. The third kappa shape index (κ3) is 6.47. The number of rotatable bonds is 10. The molecule has 7 nitrogen and oxygen atoms in total. The van der Waals surface area contributed by atoms with Crippen molar-refractivity contribution in [3.05, 3.63) is 82.9 Å². The molecular formula is C32H36ClN3O4. The lowest BCUT2D eigenvalue weighted by Crippen LogP contribution is -2.52. The lowest BCUT2D eigenvalue weighted by atomic mass is 9.85. The minimum absolute atomic E-state index is 0.0118. The molecule has 2 aromatic carbocycles. The van der Waals surface area contributed by atoms with Crippen molar-refractivity contribution in [1.82, 2.24) is 15.1 Å². The van der Waals surface area contributed by atoms with Crippen molar-refractivity contribution in [2.24, 2.45) is 11.8 Å². The maximum absolute atomic E-state index is 13.9. The van der Waals surface area contributed by atoms with Gasteiger partial charge in [-0.2, -0.15) is 0 Å². The molecule has 1 saturated heterocycles. The number of nitrogens with zero attached hydrogens (tertiary/aromatic N) is 2. The van der Waals surface area contributed by atoms with Gasteiger partial charge in [0.05, 0.1) is 11.8 Å². The second-order valence-corrected chi connectivity index (χ2v) is 11.5. The van der Waals surface area contributed by atoms with Gasteiger partial charge in [0.1, 0.15) is 6.04 Å². The largest absolute Gasteiger partial charge is 0.352 e. The van der Waals surface area contributed by atoms with Gasteiger partial charge >= 0.3 is 0 Å². The van der Waals surface area contributed by atoms with Crippen LogP contribution in [0.1, 0.15) is 56.1 Å². The summed E-state index contributed by atoms with van der Waals surface area (Å²) in [5.41, 5.74) is 1.75. The highest BCUT2D eigenvalue weighted by Crippen LogP contribution is 2.35. The molecule has 2 aromatic rings. The van der Waals surface area contributed by atoms with Gasteiger partial charge in [-0.25, -0.2) is 0 Å². The fourth-order valence-corrected chi connectivity index (χ4v) is 6.41. The minimum atomic E-state index is -0.758. The Labute approximate surface area is 240 Å². The van der Waals surface area contributed by atoms with E-state index in [1.165, 1.54) is 4.90 Å². The Balaban J connectivity index is 1.39. The molecule has 0 bridgehead atoms. The van der Waals surface area contributed by atoms with Gasteiger partial charge in [-0.15, -0.1) is 0 Å². The molecule has 2 aliphatic carbocycles. The van der Waals surface area contributed by atoms with E-state index in [0.29, 0.717) is 24.3 Å². The predicted molar refractivity (Wildman–Crippen MR) is 153 cm³/mol. The smallest absolute Gasteiger partial charge is 0.243 e. The van der Waals surface area contributed by atoms with Crippen molar-refractivity contribution < 1.29 is 19.2 Å². The quantitative estimate of drug-likeness (QED) is 0.337. The highest BCUT2D eigenvalue weighted by molar-refractivity contribution is 6.30. The molecule has 5 rings (SSSR count). The molecule has 0 aromatic heterocycles. The average Bonchev–Trinajstić information content (AvgIpc) is 3.56. The van der Waals surface area contributed by atoms with Crippen LogP contribution in [0.4, 0.5) is 0 Å². The summed E-state index contributed by atoms with van der Waals surface area (Å²) in [6, 6.07) is 16.3. The first kappa shape index (κ1) is 28.1. The van der Waals surface area contributed by atoms with E-state index in [1.54, 1.807) is 17.0 Å². The molecule has 0 unspecified atom stereocenters. The van der Waals surface area contributed by atoms with Crippen LogP contribution in [0.3, 0.4) is 0 Å². The summed E-state index contributed by atoms with van der Waals surface area (Å²) >= 11 is 6.26. The van der Waals surface area contributed by atoms with Crippen LogP contribution < -0.4 is 5.32 Å². The Morgan fingerprint density at radius 3 is 2.23 bits per heavy atom. The van der Waals surface area contributed by atoms with Crippen molar-refractivity contribution in [3.8, 4) is 0 Å². The fourth-order valence-electron chi connectivity index (χ4n) is 6.19. The molecule has 8 heteroatoms. The highest BCUT2D eigenvalue weighted by Gasteiger charge is 2.47. The third-order valence-electron chi connectivity index (χ3n) is 8.36. The summed E-state index contributed by atoms with van der Waals surface area (Å²) in [6.07, 6.45) is 9.34. The minimum Gasteiger partial charge on any atom is -0.352 e. The number of fused-ring (bicyclic) bond motifs is 1. The van der Waals surface area contributed by atoms with Crippen LogP contribution in [-0.4, -0.2) is 52.1 Å². The molecule has 3 aliphatic rings. The summed E-state index contributed by atoms with van der Waals surface area (Å²) in [6.45, 7) is 0.198. The van der Waals surface area contributed by atoms with Gasteiger partial charge in [0, 0.05) is 37.0 Å². The molecule has 1 N–H and O–H groups in total. The van der Waals surface area contributed by atoms with Gasteiger partial charge in [0.2, 0.25) is 23.6 Å². The number of nitrogens with one attached hydrogen (secondary N) is 1. The molecule has 1 heterocycles. The second kappa shape index (κ2) is 12.8. The number of carbonyl (C=O) groups is 4. The summed E-state index contributed by atoms with van der Waals surface area (Å²) in [5.74, 6) is -1.54. The SMILES string of the molecule is O=C(NC1CCCC1)[C@@H](Cc1ccccc1)N(Cc1cccc(Cl)c1)C(=O)CCN1C(=O)[C@H]2CC=CC[C@H]2C1=O. The number of hydrogen-bond donors (Lipinski definition) is 1. The summed E-state index contributed by atoms with van der Waals surface area (Å²) < 4.78 is 0. The Hall–Kier alpha value is -3.45. The van der Waals surface area contributed by atoms with Crippen LogP contribution in [0.5, 0.6) is 0 Å². The Morgan fingerprint density at radius 1 is 0.925 bits per heavy atom. The first-order valence-electron chi connectivity index (χ1n) is 14.3. The molecule has 210 valence electrons. The topological polar surface area (TPSA) is 86.8 Å². The van der Waals surface area contributed by atoms with E-state index in [-0.39, 0.29) is 61.0 Å². The van der Waals surface area contributed by atoms with Gasteiger partial charge in [-0.05, 0) is 48.9 Å². The summed E-state index contributed by atoms with van der Waals surface area (Å²) in [7, 11) is 0. The number of hydrogen-bond acceptors (Lipinski definition) is 4. The van der Waals surface area contributed by atoms with Gasteiger partial charge in [0.25, 0.3) is 0 Å². The van der Waals surface area contributed by atoms with Crippen LogP contribution in [0.15, 0.2) is 66.7 Å². The van der Waals surface area contributed by atoms with E-state index >= 15 is 0 Å². The normalized spacial score (nSPS) is 21.4. The monoisotopic (exact) mass is 561 g/mol. The number of halogens is 1. The van der Waals surface area contributed by atoms with Gasteiger partial charge in [0.15, 0.2) is 0 Å². The molecule has 1 aliphatic heterocycles. The second-order valence-electron chi connectivity index (χ2n) is 11.1. The zero-order chi connectivity index (χ0) is 28.1. The molecule has 0 spiro atoms. The van der Waals surface area contributed by atoms with E-state index in [0.717, 1.165) is 36.8 Å². The van der Waals surface area contributed by atoms with Gasteiger partial charge < -0.3 is 10.2 Å². The van der Waals surface area contributed by atoms with Crippen LogP contribution >= 0.6 is 11.6 Å². The van der Waals surface area contributed by atoms with Crippen molar-refractivity contribution in [1.29, 1.82) is 0 Å². The maximum Gasteiger partial charge on any atom is 0.243 e. The zero-order valence-electron chi connectivity index (χ0n) is 22.6. The standard InChI is InChI=1S/C32H36ClN3O4/c33-24-12-8-11-23(19-24)21-36(29(37)17-18-35-31(39)26-15-6-7-16-27(26)32(35)40)28(20-22-9-2-1-3-10-22)30(38)34-25-13-4-5-14-25/h1-3,6-12,19,25-28H,4-5,13-18,20-21H2,(H,34,38)/t26-,27+,28-/m1/s1. The van der Waals surface area contributed by atoms with E-state index < -0.39 is 6.04 Å². The Bertz CT molecular complexity index is 1250. The third-order valence-corrected chi connectivity index (χ3v) is 8.60. The van der Waals surface area contributed by atoms with E-state index in [2.05, 4.69) is 5.32 Å². The van der Waals surface area contributed by atoms with Crippen molar-refractivity contribution in [2.45, 2.75) is 70.0 Å². The Morgan fingerprint density at radius 2 is 1.57 bits per heavy atom. The molecule has 3 atom stereocenters. The molecule has 40 heavy (non-hydrogen) atoms. The average molecular weight is 562 g/mol. The number of amides is 4. The van der Waals surface area contributed by atoms with Gasteiger partial charge in [-0.1, -0.05) is 79.1 Å². The first-order chi connectivity index (χ1) is 19.4. The maximum atomic E-state index is 13.9. The lowest BCUT2D eigenvalue weighted by molar-refractivity contribution is -0.144. The van der Waals surface area contributed by atoms with Crippen molar-refractivity contribution in [2.75, 3.05) is 6.54 Å². The molecule has 4 amide bonds. The Kier molecular flexibility index (Phi) is 9.00. The van der Waals surface area contributed by atoms with E-state index in [4.69, 9.17) is 11.6 Å². The van der Waals surface area contributed by atoms with Crippen molar-refractivity contribution >= 4 is 35.2 Å².